The highest BCUT2D eigenvalue weighted by molar-refractivity contribution is 7.09. The van der Waals surface area contributed by atoms with Gasteiger partial charge >= 0.3 is 5.97 Å². The van der Waals surface area contributed by atoms with Gasteiger partial charge in [0.15, 0.2) is 0 Å². The largest absolute Gasteiger partial charge is 0.469 e. The first kappa shape index (κ1) is 10.2. The van der Waals surface area contributed by atoms with E-state index in [1.165, 1.54) is 7.11 Å². The SMILES string of the molecule is CCC(Cc1nccs1)C(=O)OC. The fourth-order valence-electron chi connectivity index (χ4n) is 1.13. The fourth-order valence-corrected chi connectivity index (χ4v) is 1.82. The van der Waals surface area contributed by atoms with Crippen LogP contribution in [0.2, 0.25) is 0 Å². The molecule has 0 aliphatic rings. The molecule has 13 heavy (non-hydrogen) atoms. The van der Waals surface area contributed by atoms with Gasteiger partial charge in [0.25, 0.3) is 0 Å². The molecule has 1 unspecified atom stereocenters. The first-order valence-electron chi connectivity index (χ1n) is 4.24. The maximum atomic E-state index is 11.2. The summed E-state index contributed by atoms with van der Waals surface area (Å²) in [4.78, 5) is 15.4. The fraction of sp³-hybridized carbons (Fsp3) is 0.556. The Labute approximate surface area is 81.8 Å². The summed E-state index contributed by atoms with van der Waals surface area (Å²) in [6, 6.07) is 0. The highest BCUT2D eigenvalue weighted by Crippen LogP contribution is 2.15. The highest BCUT2D eigenvalue weighted by Gasteiger charge is 2.18. The summed E-state index contributed by atoms with van der Waals surface area (Å²) in [5.74, 6) is -0.186. The summed E-state index contributed by atoms with van der Waals surface area (Å²) in [6.45, 7) is 1.98. The summed E-state index contributed by atoms with van der Waals surface area (Å²) in [6.07, 6.45) is 3.25. The zero-order valence-electron chi connectivity index (χ0n) is 7.82. The Morgan fingerprint density at radius 3 is 3.00 bits per heavy atom. The molecule has 0 saturated heterocycles. The molecule has 0 amide bonds. The molecule has 0 N–H and O–H groups in total. The van der Waals surface area contributed by atoms with Crippen LogP contribution < -0.4 is 0 Å². The van der Waals surface area contributed by atoms with Crippen LogP contribution in [0, 0.1) is 5.92 Å². The number of carbonyl (C=O) groups excluding carboxylic acids is 1. The van der Waals surface area contributed by atoms with E-state index >= 15 is 0 Å². The van der Waals surface area contributed by atoms with Crippen molar-refractivity contribution in [2.75, 3.05) is 7.11 Å². The second-order valence-electron chi connectivity index (χ2n) is 2.76. The van der Waals surface area contributed by atoms with E-state index in [4.69, 9.17) is 0 Å². The summed E-state index contributed by atoms with van der Waals surface area (Å²) in [5.41, 5.74) is 0. The average molecular weight is 199 g/mol. The van der Waals surface area contributed by atoms with Crippen molar-refractivity contribution in [3.05, 3.63) is 16.6 Å². The van der Waals surface area contributed by atoms with Crippen LogP contribution in [0.15, 0.2) is 11.6 Å². The predicted octanol–water partition coefficient (Wildman–Crippen LogP) is 1.88. The van der Waals surface area contributed by atoms with Crippen molar-refractivity contribution in [3.8, 4) is 0 Å². The van der Waals surface area contributed by atoms with E-state index in [1.54, 1.807) is 17.5 Å². The molecule has 72 valence electrons. The molecule has 3 nitrogen and oxygen atoms in total. The van der Waals surface area contributed by atoms with Gasteiger partial charge in [-0.3, -0.25) is 4.79 Å². The number of ether oxygens (including phenoxy) is 1. The molecular weight excluding hydrogens is 186 g/mol. The van der Waals surface area contributed by atoms with Gasteiger partial charge in [0.05, 0.1) is 18.0 Å². The van der Waals surface area contributed by atoms with E-state index in [2.05, 4.69) is 9.72 Å². The molecule has 1 aromatic heterocycles. The Morgan fingerprint density at radius 1 is 1.77 bits per heavy atom. The molecule has 1 rings (SSSR count). The Hall–Kier alpha value is -0.900. The molecule has 1 aromatic rings. The van der Waals surface area contributed by atoms with Gasteiger partial charge in [0.2, 0.25) is 0 Å². The number of esters is 1. The van der Waals surface area contributed by atoms with Crippen LogP contribution in [0.4, 0.5) is 0 Å². The summed E-state index contributed by atoms with van der Waals surface area (Å²) in [5, 5.41) is 2.91. The van der Waals surface area contributed by atoms with Gasteiger partial charge < -0.3 is 4.74 Å². The molecule has 0 saturated carbocycles. The van der Waals surface area contributed by atoms with Crippen LogP contribution in [-0.4, -0.2) is 18.1 Å². The lowest BCUT2D eigenvalue weighted by atomic mass is 10.0. The van der Waals surface area contributed by atoms with Crippen LogP contribution in [0.1, 0.15) is 18.4 Å². The number of carbonyl (C=O) groups is 1. The van der Waals surface area contributed by atoms with Gasteiger partial charge in [-0.05, 0) is 6.42 Å². The third-order valence-corrected chi connectivity index (χ3v) is 2.73. The number of hydrogen-bond donors (Lipinski definition) is 0. The molecule has 0 bridgehead atoms. The van der Waals surface area contributed by atoms with E-state index in [0.717, 1.165) is 11.4 Å². The van der Waals surface area contributed by atoms with Gasteiger partial charge in [-0.2, -0.15) is 0 Å². The van der Waals surface area contributed by atoms with Crippen molar-refractivity contribution in [2.24, 2.45) is 5.92 Å². The van der Waals surface area contributed by atoms with Gasteiger partial charge in [0, 0.05) is 18.0 Å². The standard InChI is InChI=1S/C9H13NO2S/c1-3-7(9(11)12-2)6-8-10-4-5-13-8/h4-5,7H,3,6H2,1-2H3. The van der Waals surface area contributed by atoms with E-state index in [0.29, 0.717) is 6.42 Å². The molecule has 0 aliphatic heterocycles. The number of nitrogens with zero attached hydrogens (tertiary/aromatic N) is 1. The van der Waals surface area contributed by atoms with Crippen LogP contribution in [0.3, 0.4) is 0 Å². The molecule has 0 aromatic carbocycles. The van der Waals surface area contributed by atoms with E-state index in [-0.39, 0.29) is 11.9 Å². The van der Waals surface area contributed by atoms with Crippen LogP contribution in [-0.2, 0) is 16.0 Å². The Balaban J connectivity index is 2.54. The van der Waals surface area contributed by atoms with Crippen molar-refractivity contribution in [3.63, 3.8) is 0 Å². The van der Waals surface area contributed by atoms with Crippen LogP contribution in [0.5, 0.6) is 0 Å². The van der Waals surface area contributed by atoms with E-state index in [9.17, 15) is 4.79 Å². The third-order valence-electron chi connectivity index (χ3n) is 1.93. The van der Waals surface area contributed by atoms with Crippen molar-refractivity contribution >= 4 is 17.3 Å². The zero-order valence-corrected chi connectivity index (χ0v) is 8.63. The quantitative estimate of drug-likeness (QED) is 0.695. The predicted molar refractivity (Wildman–Crippen MR) is 51.6 cm³/mol. The van der Waals surface area contributed by atoms with Crippen LogP contribution >= 0.6 is 11.3 Å². The first-order valence-corrected chi connectivity index (χ1v) is 5.12. The first-order chi connectivity index (χ1) is 6.27. The lowest BCUT2D eigenvalue weighted by Gasteiger charge is -2.09. The molecule has 0 fully saturated rings. The minimum absolute atomic E-state index is 0.0452. The normalized spacial score (nSPS) is 12.5. The Bertz CT molecular complexity index is 259. The number of methoxy groups -OCH3 is 1. The maximum Gasteiger partial charge on any atom is 0.309 e. The Kier molecular flexibility index (Phi) is 3.89. The van der Waals surface area contributed by atoms with E-state index in [1.807, 2.05) is 12.3 Å². The second kappa shape index (κ2) is 4.97. The lowest BCUT2D eigenvalue weighted by molar-refractivity contribution is -0.145. The molecule has 4 heteroatoms. The molecule has 0 spiro atoms. The third kappa shape index (κ3) is 2.81. The van der Waals surface area contributed by atoms with Gasteiger partial charge in [-0.25, -0.2) is 4.98 Å². The van der Waals surface area contributed by atoms with Crippen molar-refractivity contribution in [2.45, 2.75) is 19.8 Å². The summed E-state index contributed by atoms with van der Waals surface area (Å²) >= 11 is 1.58. The maximum absolute atomic E-state index is 11.2. The lowest BCUT2D eigenvalue weighted by Crippen LogP contribution is -2.17. The summed E-state index contributed by atoms with van der Waals surface area (Å²) < 4.78 is 4.69. The highest BCUT2D eigenvalue weighted by atomic mass is 32.1. The van der Waals surface area contributed by atoms with Crippen LogP contribution in [0.25, 0.3) is 0 Å². The topological polar surface area (TPSA) is 39.2 Å². The average Bonchev–Trinajstić information content (AvgIpc) is 2.65. The number of thiazole rings is 1. The Morgan fingerprint density at radius 2 is 2.54 bits per heavy atom. The number of hydrogen-bond acceptors (Lipinski definition) is 4. The molecular formula is C9H13NO2S. The van der Waals surface area contributed by atoms with Gasteiger partial charge in [-0.1, -0.05) is 6.92 Å². The number of rotatable bonds is 4. The molecule has 1 heterocycles. The van der Waals surface area contributed by atoms with Crippen molar-refractivity contribution in [1.29, 1.82) is 0 Å². The molecule has 0 aliphatic carbocycles. The molecule has 1 atom stereocenters. The number of aromatic nitrogens is 1. The minimum atomic E-state index is -0.141. The zero-order chi connectivity index (χ0) is 9.68. The molecule has 0 radical (unpaired) electrons. The minimum Gasteiger partial charge on any atom is -0.469 e. The van der Waals surface area contributed by atoms with Gasteiger partial charge in [-0.15, -0.1) is 11.3 Å². The van der Waals surface area contributed by atoms with E-state index < -0.39 is 0 Å². The second-order valence-corrected chi connectivity index (χ2v) is 3.74. The van der Waals surface area contributed by atoms with Crippen molar-refractivity contribution < 1.29 is 9.53 Å². The smallest absolute Gasteiger partial charge is 0.309 e. The summed E-state index contributed by atoms with van der Waals surface area (Å²) in [7, 11) is 1.42. The monoisotopic (exact) mass is 199 g/mol. The van der Waals surface area contributed by atoms with Crippen molar-refractivity contribution in [1.82, 2.24) is 4.98 Å². The van der Waals surface area contributed by atoms with Gasteiger partial charge in [0.1, 0.15) is 0 Å².